The van der Waals surface area contributed by atoms with E-state index in [0.717, 1.165) is 4.35 Å². The van der Waals surface area contributed by atoms with Gasteiger partial charge >= 0.3 is 76.9 Å². The normalized spacial score (nSPS) is 10.1. The monoisotopic (exact) mass is 228 g/mol. The average Bonchev–Trinajstić information content (AvgIpc) is 2.15. The minimum absolute atomic E-state index is 0.00914. The third-order valence-corrected chi connectivity index (χ3v) is 2.37. The fourth-order valence-corrected chi connectivity index (χ4v) is 1.33. The van der Waals surface area contributed by atoms with E-state index in [9.17, 15) is 3.74 Å². The Kier molecular flexibility index (Phi) is 3.98. The Morgan fingerprint density at radius 2 is 2.00 bits per heavy atom. The zero-order chi connectivity index (χ0) is 8.81. The van der Waals surface area contributed by atoms with Gasteiger partial charge in [0, 0.05) is 0 Å². The standard InChI is InChI=1S/C8H9AsO3/c10-5-6-12-8-3-1-7(9-11)2-4-8/h1-4,10H,5-6H2. The number of hydrogen-bond donors (Lipinski definition) is 1. The number of benzene rings is 1. The summed E-state index contributed by atoms with van der Waals surface area (Å²) in [6, 6.07) is 7.02. The van der Waals surface area contributed by atoms with E-state index in [1.54, 1.807) is 24.3 Å². The molecule has 1 N–H and O–H groups in total. The fourth-order valence-electron chi connectivity index (χ4n) is 0.767. The van der Waals surface area contributed by atoms with Gasteiger partial charge in [-0.1, -0.05) is 0 Å². The molecule has 3 nitrogen and oxygen atoms in total. The average molecular weight is 228 g/mol. The Balaban J connectivity index is 2.58. The molecule has 0 atom stereocenters. The first-order valence-electron chi connectivity index (χ1n) is 3.54. The van der Waals surface area contributed by atoms with Crippen LogP contribution in [0.4, 0.5) is 0 Å². The van der Waals surface area contributed by atoms with Crippen molar-refractivity contribution >= 4 is 20.0 Å². The molecule has 0 fully saturated rings. The van der Waals surface area contributed by atoms with E-state index < -0.39 is 15.7 Å². The van der Waals surface area contributed by atoms with Crippen LogP contribution in [0.15, 0.2) is 24.3 Å². The van der Waals surface area contributed by atoms with Crippen molar-refractivity contribution in [3.63, 3.8) is 0 Å². The summed E-state index contributed by atoms with van der Waals surface area (Å²) in [7, 11) is 0. The number of ether oxygens (including phenoxy) is 1. The predicted octanol–water partition coefficient (Wildman–Crippen LogP) is -0.267. The van der Waals surface area contributed by atoms with E-state index in [0.29, 0.717) is 12.4 Å². The minimum atomic E-state index is -0.944. The Hall–Kier alpha value is -0.662. The van der Waals surface area contributed by atoms with E-state index in [4.69, 9.17) is 9.84 Å². The van der Waals surface area contributed by atoms with Crippen molar-refractivity contribution in [1.29, 1.82) is 0 Å². The van der Waals surface area contributed by atoms with Crippen molar-refractivity contribution in [1.82, 2.24) is 0 Å². The molecule has 1 rings (SSSR count). The number of aliphatic hydroxyl groups is 1. The maximum absolute atomic E-state index is 10.5. The number of hydrogen-bond acceptors (Lipinski definition) is 3. The van der Waals surface area contributed by atoms with Gasteiger partial charge in [-0.05, 0) is 0 Å². The van der Waals surface area contributed by atoms with E-state index in [1.807, 2.05) is 0 Å². The molecule has 0 amide bonds. The summed E-state index contributed by atoms with van der Waals surface area (Å²) >= 11 is -0.944. The molecule has 64 valence electrons. The molecule has 0 spiro atoms. The second kappa shape index (κ2) is 5.07. The van der Waals surface area contributed by atoms with Crippen LogP contribution in [-0.4, -0.2) is 34.0 Å². The Labute approximate surface area is 77.3 Å². The summed E-state index contributed by atoms with van der Waals surface area (Å²) in [5, 5.41) is 8.46. The number of aliphatic hydroxyl groups excluding tert-OH is 1. The number of rotatable bonds is 4. The van der Waals surface area contributed by atoms with Crippen molar-refractivity contribution in [2.45, 2.75) is 0 Å². The van der Waals surface area contributed by atoms with E-state index in [1.165, 1.54) is 0 Å². The van der Waals surface area contributed by atoms with Crippen LogP contribution < -0.4 is 9.09 Å². The van der Waals surface area contributed by atoms with Crippen LogP contribution in [-0.2, 0) is 3.74 Å². The van der Waals surface area contributed by atoms with Gasteiger partial charge in [-0.3, -0.25) is 0 Å². The topological polar surface area (TPSA) is 46.5 Å². The van der Waals surface area contributed by atoms with Crippen LogP contribution in [0.1, 0.15) is 0 Å². The second-order valence-corrected chi connectivity index (χ2v) is 3.62. The van der Waals surface area contributed by atoms with Gasteiger partial charge in [0.2, 0.25) is 0 Å². The molecular formula is C8H9AsO3. The molecule has 0 radical (unpaired) electrons. The third-order valence-electron chi connectivity index (χ3n) is 1.30. The maximum atomic E-state index is 10.5. The fraction of sp³-hybridized carbons (Fsp3) is 0.250. The molecule has 0 saturated heterocycles. The summed E-state index contributed by atoms with van der Waals surface area (Å²) in [4.78, 5) is 0. The quantitative estimate of drug-likeness (QED) is 0.722. The first-order chi connectivity index (χ1) is 5.86. The van der Waals surface area contributed by atoms with Crippen LogP contribution in [0, 0.1) is 0 Å². The Bertz CT molecular complexity index is 245. The van der Waals surface area contributed by atoms with Gasteiger partial charge in [0.25, 0.3) is 0 Å². The SMILES string of the molecule is O=[As]c1ccc(OCCO)cc1. The molecule has 1 aromatic rings. The second-order valence-electron chi connectivity index (χ2n) is 2.16. The van der Waals surface area contributed by atoms with E-state index >= 15 is 0 Å². The Morgan fingerprint density at radius 3 is 2.50 bits per heavy atom. The van der Waals surface area contributed by atoms with E-state index in [2.05, 4.69) is 0 Å². The van der Waals surface area contributed by atoms with Gasteiger partial charge in [-0.25, -0.2) is 0 Å². The molecule has 1 aromatic carbocycles. The molecule has 4 heteroatoms. The molecule has 0 heterocycles. The molecule has 0 unspecified atom stereocenters. The predicted molar refractivity (Wildman–Crippen MR) is 45.1 cm³/mol. The van der Waals surface area contributed by atoms with Gasteiger partial charge in [-0.15, -0.1) is 0 Å². The van der Waals surface area contributed by atoms with Crippen molar-refractivity contribution in [2.75, 3.05) is 13.2 Å². The first-order valence-corrected chi connectivity index (χ1v) is 5.24. The van der Waals surface area contributed by atoms with Crippen LogP contribution >= 0.6 is 0 Å². The van der Waals surface area contributed by atoms with Gasteiger partial charge in [-0.2, -0.15) is 0 Å². The summed E-state index contributed by atoms with van der Waals surface area (Å²) in [5.41, 5.74) is 0. The van der Waals surface area contributed by atoms with Gasteiger partial charge in [0.1, 0.15) is 0 Å². The molecule has 0 saturated carbocycles. The summed E-state index contributed by atoms with van der Waals surface area (Å²) < 4.78 is 16.4. The zero-order valence-corrected chi connectivity index (χ0v) is 8.31. The van der Waals surface area contributed by atoms with Gasteiger partial charge < -0.3 is 0 Å². The molecule has 0 aliphatic heterocycles. The molecular weight excluding hydrogens is 219 g/mol. The van der Waals surface area contributed by atoms with Crippen LogP contribution in [0.25, 0.3) is 0 Å². The first kappa shape index (κ1) is 9.43. The van der Waals surface area contributed by atoms with Crippen molar-refractivity contribution in [3.05, 3.63) is 24.3 Å². The molecule has 0 aliphatic carbocycles. The van der Waals surface area contributed by atoms with Gasteiger partial charge in [0.05, 0.1) is 0 Å². The Morgan fingerprint density at radius 1 is 1.33 bits per heavy atom. The zero-order valence-electron chi connectivity index (χ0n) is 6.43. The van der Waals surface area contributed by atoms with Crippen LogP contribution in [0.2, 0.25) is 0 Å². The molecule has 12 heavy (non-hydrogen) atoms. The third kappa shape index (κ3) is 2.76. The van der Waals surface area contributed by atoms with Crippen molar-refractivity contribution in [3.8, 4) is 5.75 Å². The van der Waals surface area contributed by atoms with Crippen molar-refractivity contribution in [2.24, 2.45) is 0 Å². The molecule has 0 aliphatic rings. The van der Waals surface area contributed by atoms with Crippen molar-refractivity contribution < 1.29 is 13.6 Å². The summed E-state index contributed by atoms with van der Waals surface area (Å²) in [6.07, 6.45) is 0. The molecule has 0 aromatic heterocycles. The van der Waals surface area contributed by atoms with Crippen LogP contribution in [0.5, 0.6) is 5.75 Å². The van der Waals surface area contributed by atoms with Crippen LogP contribution in [0.3, 0.4) is 0 Å². The van der Waals surface area contributed by atoms with E-state index in [-0.39, 0.29) is 6.61 Å². The summed E-state index contributed by atoms with van der Waals surface area (Å²) in [6.45, 7) is 0.305. The molecule has 0 bridgehead atoms. The summed E-state index contributed by atoms with van der Waals surface area (Å²) in [5.74, 6) is 0.697. The van der Waals surface area contributed by atoms with Gasteiger partial charge in [0.15, 0.2) is 0 Å².